The number of nitrogens with one attached hydrogen (secondary N) is 1. The fourth-order valence-electron chi connectivity index (χ4n) is 1.56. The van der Waals surface area contributed by atoms with Gasteiger partial charge in [-0.1, -0.05) is 12.1 Å². The SMILES string of the molecule is O=C(O)CCC(NS(=O)(=O)Cc1ccc(F)cc1)C(=O)O. The van der Waals surface area contributed by atoms with Gasteiger partial charge in [0.15, 0.2) is 0 Å². The molecule has 1 aromatic carbocycles. The first-order valence-electron chi connectivity index (χ1n) is 5.88. The van der Waals surface area contributed by atoms with Crippen molar-refractivity contribution in [1.29, 1.82) is 0 Å². The molecule has 116 valence electrons. The van der Waals surface area contributed by atoms with Crippen LogP contribution < -0.4 is 4.72 Å². The van der Waals surface area contributed by atoms with E-state index in [1.165, 1.54) is 12.1 Å². The van der Waals surface area contributed by atoms with Crippen LogP contribution in [0.4, 0.5) is 4.39 Å². The van der Waals surface area contributed by atoms with E-state index in [1.807, 2.05) is 4.72 Å². The molecule has 0 aliphatic heterocycles. The number of halogens is 1. The van der Waals surface area contributed by atoms with Gasteiger partial charge >= 0.3 is 11.9 Å². The Morgan fingerprint density at radius 1 is 1.19 bits per heavy atom. The zero-order chi connectivity index (χ0) is 16.0. The smallest absolute Gasteiger partial charge is 0.321 e. The lowest BCUT2D eigenvalue weighted by Crippen LogP contribution is -2.41. The van der Waals surface area contributed by atoms with E-state index in [-0.39, 0.29) is 12.0 Å². The summed E-state index contributed by atoms with van der Waals surface area (Å²) in [6.07, 6.45) is -0.844. The molecule has 1 atom stereocenters. The van der Waals surface area contributed by atoms with Crippen LogP contribution in [0.25, 0.3) is 0 Å². The van der Waals surface area contributed by atoms with Crippen LogP contribution in [-0.2, 0) is 25.4 Å². The Morgan fingerprint density at radius 3 is 2.24 bits per heavy atom. The minimum atomic E-state index is -3.99. The highest BCUT2D eigenvalue weighted by molar-refractivity contribution is 7.88. The monoisotopic (exact) mass is 319 g/mol. The van der Waals surface area contributed by atoms with Gasteiger partial charge in [-0.15, -0.1) is 0 Å². The Morgan fingerprint density at radius 2 is 1.76 bits per heavy atom. The van der Waals surface area contributed by atoms with Crippen molar-refractivity contribution in [2.75, 3.05) is 0 Å². The van der Waals surface area contributed by atoms with Crippen LogP contribution in [0.1, 0.15) is 18.4 Å². The summed E-state index contributed by atoms with van der Waals surface area (Å²) in [6.45, 7) is 0. The van der Waals surface area contributed by atoms with Gasteiger partial charge in [-0.3, -0.25) is 9.59 Å². The van der Waals surface area contributed by atoms with E-state index < -0.39 is 46.0 Å². The van der Waals surface area contributed by atoms with Crippen molar-refractivity contribution in [2.45, 2.75) is 24.6 Å². The predicted molar refractivity (Wildman–Crippen MR) is 70.5 cm³/mol. The number of carboxylic acid groups (broad SMARTS) is 2. The lowest BCUT2D eigenvalue weighted by atomic mass is 10.2. The molecule has 1 aromatic rings. The van der Waals surface area contributed by atoms with Crippen molar-refractivity contribution in [3.8, 4) is 0 Å². The summed E-state index contributed by atoms with van der Waals surface area (Å²) >= 11 is 0. The summed E-state index contributed by atoms with van der Waals surface area (Å²) in [5.41, 5.74) is 0.284. The van der Waals surface area contributed by atoms with Gasteiger partial charge in [0.2, 0.25) is 10.0 Å². The highest BCUT2D eigenvalue weighted by Gasteiger charge is 2.24. The molecule has 7 nitrogen and oxygen atoms in total. The van der Waals surface area contributed by atoms with E-state index in [1.54, 1.807) is 0 Å². The summed E-state index contributed by atoms with van der Waals surface area (Å²) in [5, 5.41) is 17.4. The van der Waals surface area contributed by atoms with Gasteiger partial charge in [-0.2, -0.15) is 0 Å². The normalized spacial score (nSPS) is 12.8. The van der Waals surface area contributed by atoms with Gasteiger partial charge in [-0.05, 0) is 24.1 Å². The molecule has 0 amide bonds. The van der Waals surface area contributed by atoms with Crippen LogP contribution in [0.3, 0.4) is 0 Å². The first kappa shape index (κ1) is 17.1. The molecule has 0 radical (unpaired) electrons. The number of carbonyl (C=O) groups is 2. The summed E-state index contributed by atoms with van der Waals surface area (Å²) in [4.78, 5) is 21.3. The summed E-state index contributed by atoms with van der Waals surface area (Å²) in [5.74, 6) is -3.73. The maximum absolute atomic E-state index is 12.7. The van der Waals surface area contributed by atoms with Crippen molar-refractivity contribution < 1.29 is 32.6 Å². The molecule has 0 bridgehead atoms. The van der Waals surface area contributed by atoms with E-state index in [0.717, 1.165) is 12.1 Å². The number of aliphatic carboxylic acids is 2. The molecule has 0 heterocycles. The van der Waals surface area contributed by atoms with Gasteiger partial charge in [0.1, 0.15) is 11.9 Å². The molecule has 0 aliphatic rings. The summed E-state index contributed by atoms with van der Waals surface area (Å²) in [6, 6.07) is 3.18. The highest BCUT2D eigenvalue weighted by Crippen LogP contribution is 2.08. The fraction of sp³-hybridized carbons (Fsp3) is 0.333. The van der Waals surface area contributed by atoms with Crippen molar-refractivity contribution >= 4 is 22.0 Å². The first-order valence-corrected chi connectivity index (χ1v) is 7.54. The largest absolute Gasteiger partial charge is 0.481 e. The van der Waals surface area contributed by atoms with Crippen LogP contribution in [0.5, 0.6) is 0 Å². The Labute approximate surface area is 120 Å². The van der Waals surface area contributed by atoms with Crippen molar-refractivity contribution in [3.05, 3.63) is 35.6 Å². The van der Waals surface area contributed by atoms with E-state index in [9.17, 15) is 22.4 Å². The average Bonchev–Trinajstić information content (AvgIpc) is 2.36. The number of hydrogen-bond acceptors (Lipinski definition) is 4. The minimum absolute atomic E-state index is 0.284. The molecule has 1 rings (SSSR count). The molecular formula is C12H14FNO6S. The molecule has 3 N–H and O–H groups in total. The molecular weight excluding hydrogens is 305 g/mol. The number of rotatable bonds is 8. The third kappa shape index (κ3) is 6.32. The van der Waals surface area contributed by atoms with Crippen molar-refractivity contribution in [3.63, 3.8) is 0 Å². The lowest BCUT2D eigenvalue weighted by Gasteiger charge is -2.13. The zero-order valence-electron chi connectivity index (χ0n) is 10.8. The molecule has 0 saturated carbocycles. The average molecular weight is 319 g/mol. The molecule has 0 saturated heterocycles. The first-order chi connectivity index (χ1) is 9.69. The zero-order valence-corrected chi connectivity index (χ0v) is 11.6. The van der Waals surface area contributed by atoms with Crippen LogP contribution in [0, 0.1) is 5.82 Å². The Hall–Kier alpha value is -2.00. The van der Waals surface area contributed by atoms with Gasteiger partial charge in [0, 0.05) is 6.42 Å². The van der Waals surface area contributed by atoms with Crippen LogP contribution >= 0.6 is 0 Å². The second-order valence-electron chi connectivity index (χ2n) is 4.33. The van der Waals surface area contributed by atoms with E-state index >= 15 is 0 Å². The predicted octanol–water partition coefficient (Wildman–Crippen LogP) is 0.563. The van der Waals surface area contributed by atoms with Gasteiger partial charge in [0.25, 0.3) is 0 Å². The second kappa shape index (κ2) is 7.14. The lowest BCUT2D eigenvalue weighted by molar-refractivity contribution is -0.140. The number of benzene rings is 1. The number of sulfonamides is 1. The van der Waals surface area contributed by atoms with E-state index in [4.69, 9.17) is 10.2 Å². The van der Waals surface area contributed by atoms with E-state index in [0.29, 0.717) is 0 Å². The second-order valence-corrected chi connectivity index (χ2v) is 6.08. The maximum atomic E-state index is 12.7. The van der Waals surface area contributed by atoms with Gasteiger partial charge < -0.3 is 10.2 Å². The topological polar surface area (TPSA) is 121 Å². The Balaban J connectivity index is 2.74. The quantitative estimate of drug-likeness (QED) is 0.644. The van der Waals surface area contributed by atoms with Crippen molar-refractivity contribution in [1.82, 2.24) is 4.72 Å². The Bertz CT molecular complexity index is 613. The van der Waals surface area contributed by atoms with Gasteiger partial charge in [0.05, 0.1) is 5.75 Å². The molecule has 1 unspecified atom stereocenters. The van der Waals surface area contributed by atoms with E-state index in [2.05, 4.69) is 0 Å². The van der Waals surface area contributed by atoms with Gasteiger partial charge in [-0.25, -0.2) is 17.5 Å². The summed E-state index contributed by atoms with van der Waals surface area (Å²) < 4.78 is 38.3. The molecule has 0 fully saturated rings. The fourth-order valence-corrected chi connectivity index (χ4v) is 2.93. The molecule has 0 spiro atoms. The molecule has 9 heteroatoms. The molecule has 0 aliphatic carbocycles. The standard InChI is InChI=1S/C12H14FNO6S/c13-9-3-1-8(2-4-9)7-21(19,20)14-10(12(17)18)5-6-11(15)16/h1-4,10,14H,5-7H2,(H,15,16)(H,17,18). The minimum Gasteiger partial charge on any atom is -0.481 e. The van der Waals surface area contributed by atoms with Crippen molar-refractivity contribution in [2.24, 2.45) is 0 Å². The number of carboxylic acids is 2. The molecule has 21 heavy (non-hydrogen) atoms. The number of hydrogen-bond donors (Lipinski definition) is 3. The maximum Gasteiger partial charge on any atom is 0.321 e. The van der Waals surface area contributed by atoms with Crippen LogP contribution in [0.15, 0.2) is 24.3 Å². The molecule has 0 aromatic heterocycles. The highest BCUT2D eigenvalue weighted by atomic mass is 32.2. The van der Waals surface area contributed by atoms with Crippen LogP contribution in [-0.4, -0.2) is 36.6 Å². The summed E-state index contributed by atoms with van der Waals surface area (Å²) in [7, 11) is -3.99. The van der Waals surface area contributed by atoms with Crippen LogP contribution in [0.2, 0.25) is 0 Å². The third-order valence-electron chi connectivity index (χ3n) is 2.54. The third-order valence-corrected chi connectivity index (χ3v) is 3.89. The Kier molecular flexibility index (Phi) is 5.79.